The van der Waals surface area contributed by atoms with Crippen LogP contribution in [0, 0.1) is 23.3 Å². The van der Waals surface area contributed by atoms with E-state index in [1.807, 2.05) is 0 Å². The molecule has 10 heteroatoms. The smallest absolute Gasteiger partial charge is 0.267 e. The Labute approximate surface area is 206 Å². The standard InChI is InChI=1S/C25H25F4N3O2.ClH/c1-30-24(34)21(10-14-8-19(27)23(29)20(28)9-14)32-22(33)11-15-13-25(4-6-31-7-5-25)18-12-16(26)2-3-17(15)18;/h2-3,8-10,12,15,31H,4-7,11,13H2,1H3,(H,30,34)(H,32,33);1H/t15-;/m1./s1. The summed E-state index contributed by atoms with van der Waals surface area (Å²) in [7, 11) is 1.34. The number of benzene rings is 2. The third-order valence-corrected chi connectivity index (χ3v) is 6.72. The first-order chi connectivity index (χ1) is 16.2. The number of fused-ring (bicyclic) bond motifs is 2. The number of carbonyl (C=O) groups is 2. The monoisotopic (exact) mass is 511 g/mol. The van der Waals surface area contributed by atoms with Crippen LogP contribution in [0.5, 0.6) is 0 Å². The highest BCUT2D eigenvalue weighted by Crippen LogP contribution is 2.52. The van der Waals surface area contributed by atoms with E-state index in [4.69, 9.17) is 0 Å². The first kappa shape index (κ1) is 26.7. The predicted octanol–water partition coefficient (Wildman–Crippen LogP) is 4.07. The van der Waals surface area contributed by atoms with Gasteiger partial charge >= 0.3 is 0 Å². The second-order valence-electron chi connectivity index (χ2n) is 8.85. The van der Waals surface area contributed by atoms with Gasteiger partial charge in [-0.15, -0.1) is 12.4 Å². The molecule has 1 aliphatic carbocycles. The molecule has 35 heavy (non-hydrogen) atoms. The van der Waals surface area contributed by atoms with Crippen LogP contribution >= 0.6 is 12.4 Å². The van der Waals surface area contributed by atoms with Crippen molar-refractivity contribution in [3.8, 4) is 0 Å². The Kier molecular flexibility index (Phi) is 8.22. The third-order valence-electron chi connectivity index (χ3n) is 6.72. The molecule has 1 saturated heterocycles. The predicted molar refractivity (Wildman–Crippen MR) is 126 cm³/mol. The molecular weight excluding hydrogens is 486 g/mol. The Morgan fingerprint density at radius 3 is 2.37 bits per heavy atom. The summed E-state index contributed by atoms with van der Waals surface area (Å²) in [6.07, 6.45) is 3.50. The second-order valence-corrected chi connectivity index (χ2v) is 8.85. The van der Waals surface area contributed by atoms with Crippen molar-refractivity contribution in [2.45, 2.75) is 37.0 Å². The molecule has 0 bridgehead atoms. The molecule has 0 unspecified atom stereocenters. The number of carbonyl (C=O) groups excluding carboxylic acids is 2. The normalized spacial score (nSPS) is 18.5. The first-order valence-electron chi connectivity index (χ1n) is 11.1. The molecule has 1 aliphatic heterocycles. The fraction of sp³-hybridized carbons (Fsp3) is 0.360. The summed E-state index contributed by atoms with van der Waals surface area (Å²) in [5, 5.41) is 8.19. The van der Waals surface area contributed by atoms with Gasteiger partial charge in [-0.25, -0.2) is 17.6 Å². The average Bonchev–Trinajstić information content (AvgIpc) is 3.08. The molecule has 2 aliphatic rings. The van der Waals surface area contributed by atoms with Gasteiger partial charge in [-0.3, -0.25) is 9.59 Å². The first-order valence-corrected chi connectivity index (χ1v) is 11.1. The highest BCUT2D eigenvalue weighted by atomic mass is 35.5. The summed E-state index contributed by atoms with van der Waals surface area (Å²) in [6.45, 7) is 1.62. The maximum absolute atomic E-state index is 14.1. The number of rotatable bonds is 5. The van der Waals surface area contributed by atoms with Crippen LogP contribution in [0.3, 0.4) is 0 Å². The van der Waals surface area contributed by atoms with Crippen molar-refractivity contribution < 1.29 is 27.2 Å². The van der Waals surface area contributed by atoms with E-state index in [-0.39, 0.29) is 47.2 Å². The number of piperidine rings is 1. The zero-order valence-corrected chi connectivity index (χ0v) is 19.8. The van der Waals surface area contributed by atoms with Gasteiger partial charge in [0.2, 0.25) is 5.91 Å². The van der Waals surface area contributed by atoms with E-state index in [0.717, 1.165) is 55.3 Å². The molecule has 2 amide bonds. The summed E-state index contributed by atoms with van der Waals surface area (Å²) in [5.41, 5.74) is 1.31. The van der Waals surface area contributed by atoms with Crippen LogP contribution in [-0.2, 0) is 15.0 Å². The Bertz CT molecular complexity index is 1140. The molecule has 2 aromatic carbocycles. The van der Waals surface area contributed by atoms with E-state index in [2.05, 4.69) is 16.0 Å². The van der Waals surface area contributed by atoms with Crippen molar-refractivity contribution in [2.75, 3.05) is 20.1 Å². The molecule has 4 rings (SSSR count). The topological polar surface area (TPSA) is 70.2 Å². The lowest BCUT2D eigenvalue weighted by atomic mass is 9.73. The van der Waals surface area contributed by atoms with Gasteiger partial charge in [0.25, 0.3) is 5.91 Å². The van der Waals surface area contributed by atoms with Gasteiger partial charge in [-0.1, -0.05) is 6.07 Å². The van der Waals surface area contributed by atoms with Crippen molar-refractivity contribution in [1.82, 2.24) is 16.0 Å². The number of hydrogen-bond donors (Lipinski definition) is 3. The molecule has 1 atom stereocenters. The molecule has 1 fully saturated rings. The van der Waals surface area contributed by atoms with Crippen LogP contribution in [-0.4, -0.2) is 32.0 Å². The quantitative estimate of drug-likeness (QED) is 0.322. The summed E-state index contributed by atoms with van der Waals surface area (Å²) < 4.78 is 54.5. The summed E-state index contributed by atoms with van der Waals surface area (Å²) >= 11 is 0. The van der Waals surface area contributed by atoms with Gasteiger partial charge in [-0.05, 0) is 90.7 Å². The van der Waals surface area contributed by atoms with Crippen LogP contribution in [0.1, 0.15) is 48.3 Å². The molecule has 0 aromatic heterocycles. The lowest BCUT2D eigenvalue weighted by molar-refractivity contribution is -0.123. The van der Waals surface area contributed by atoms with Crippen molar-refractivity contribution in [1.29, 1.82) is 0 Å². The molecule has 5 nitrogen and oxygen atoms in total. The zero-order valence-electron chi connectivity index (χ0n) is 19.0. The summed E-state index contributed by atoms with van der Waals surface area (Å²) in [5.74, 6) is -6.06. The molecule has 0 radical (unpaired) electrons. The maximum Gasteiger partial charge on any atom is 0.267 e. The van der Waals surface area contributed by atoms with E-state index in [1.54, 1.807) is 12.1 Å². The maximum atomic E-state index is 14.1. The molecule has 2 aromatic rings. The molecule has 1 heterocycles. The van der Waals surface area contributed by atoms with Crippen molar-refractivity contribution >= 4 is 30.3 Å². The van der Waals surface area contributed by atoms with Gasteiger partial charge in [0.1, 0.15) is 11.5 Å². The van der Waals surface area contributed by atoms with Crippen LogP contribution in [0.4, 0.5) is 17.6 Å². The lowest BCUT2D eigenvalue weighted by Gasteiger charge is -2.35. The second kappa shape index (κ2) is 10.8. The molecule has 3 N–H and O–H groups in total. The SMILES string of the molecule is CNC(=O)C(=Cc1cc(F)c(F)c(F)c1)NC(=O)C[C@@H]1CC2(CCNCC2)c2cc(F)ccc21.Cl. The van der Waals surface area contributed by atoms with Gasteiger partial charge in [0.05, 0.1) is 0 Å². The van der Waals surface area contributed by atoms with Gasteiger partial charge < -0.3 is 16.0 Å². The fourth-order valence-electron chi connectivity index (χ4n) is 5.14. The van der Waals surface area contributed by atoms with E-state index in [9.17, 15) is 27.2 Å². The fourth-order valence-corrected chi connectivity index (χ4v) is 5.14. The van der Waals surface area contributed by atoms with E-state index >= 15 is 0 Å². The number of likely N-dealkylation sites (N-methyl/N-ethyl adjacent to an activating group) is 1. The van der Waals surface area contributed by atoms with Crippen molar-refractivity contribution in [2.24, 2.45) is 0 Å². The number of halogens is 5. The minimum Gasteiger partial charge on any atom is -0.354 e. The number of amides is 2. The van der Waals surface area contributed by atoms with Crippen LogP contribution in [0.15, 0.2) is 36.0 Å². The highest BCUT2D eigenvalue weighted by molar-refractivity contribution is 6.01. The Morgan fingerprint density at radius 1 is 1.09 bits per heavy atom. The summed E-state index contributed by atoms with van der Waals surface area (Å²) in [6, 6.07) is 6.13. The van der Waals surface area contributed by atoms with Crippen molar-refractivity contribution in [3.63, 3.8) is 0 Å². The van der Waals surface area contributed by atoms with Crippen LogP contribution in [0.25, 0.3) is 6.08 Å². The number of nitrogens with one attached hydrogen (secondary N) is 3. The number of hydrogen-bond acceptors (Lipinski definition) is 3. The average molecular weight is 512 g/mol. The Morgan fingerprint density at radius 2 is 1.74 bits per heavy atom. The van der Waals surface area contributed by atoms with Crippen molar-refractivity contribution in [3.05, 3.63) is 76.0 Å². The van der Waals surface area contributed by atoms with Crippen LogP contribution in [0.2, 0.25) is 0 Å². The largest absolute Gasteiger partial charge is 0.354 e. The van der Waals surface area contributed by atoms with Crippen LogP contribution < -0.4 is 16.0 Å². The van der Waals surface area contributed by atoms with Gasteiger partial charge in [-0.2, -0.15) is 0 Å². The summed E-state index contributed by atoms with van der Waals surface area (Å²) in [4.78, 5) is 25.2. The molecule has 0 saturated carbocycles. The zero-order chi connectivity index (χ0) is 24.5. The third kappa shape index (κ3) is 5.51. The minimum atomic E-state index is -1.62. The van der Waals surface area contributed by atoms with Gasteiger partial charge in [0.15, 0.2) is 17.5 Å². The highest BCUT2D eigenvalue weighted by Gasteiger charge is 2.44. The lowest BCUT2D eigenvalue weighted by Crippen LogP contribution is -2.38. The Hall–Kier alpha value is -2.91. The molecular formula is C25H26ClF4N3O2. The minimum absolute atomic E-state index is 0. The molecule has 1 spiro atoms. The van der Waals surface area contributed by atoms with Gasteiger partial charge in [0, 0.05) is 13.5 Å². The molecule has 188 valence electrons. The van der Waals surface area contributed by atoms with E-state index in [1.165, 1.54) is 13.1 Å². The van der Waals surface area contributed by atoms with E-state index < -0.39 is 29.3 Å². The van der Waals surface area contributed by atoms with E-state index in [0.29, 0.717) is 6.42 Å². The Balaban J connectivity index is 0.00000342.